The number of aromatic nitrogens is 3. The monoisotopic (exact) mass is 443 g/mol. The second-order valence-electron chi connectivity index (χ2n) is 7.57. The molecule has 0 N–H and O–H groups in total. The van der Waals surface area contributed by atoms with E-state index in [0.717, 1.165) is 11.3 Å². The number of piperazine rings is 1. The first-order valence-electron chi connectivity index (χ1n) is 10.2. The number of benzene rings is 1. The van der Waals surface area contributed by atoms with Crippen LogP contribution in [0.1, 0.15) is 23.4 Å². The number of hydrogen-bond donors (Lipinski definition) is 0. The molecule has 1 aromatic carbocycles. The summed E-state index contributed by atoms with van der Waals surface area (Å²) in [6, 6.07) is 9.79. The Morgan fingerprint density at radius 3 is 2.45 bits per heavy atom. The maximum Gasteiger partial charge on any atom is 0.248 e. The van der Waals surface area contributed by atoms with E-state index >= 15 is 0 Å². The molecule has 9 nitrogen and oxygen atoms in total. The molecule has 0 radical (unpaired) electrons. The predicted molar refractivity (Wildman–Crippen MR) is 113 cm³/mol. The number of amides is 1. The zero-order valence-corrected chi connectivity index (χ0v) is 18.4. The van der Waals surface area contributed by atoms with E-state index in [9.17, 15) is 13.2 Å². The minimum absolute atomic E-state index is 0.0156. The van der Waals surface area contributed by atoms with E-state index in [1.54, 1.807) is 29.6 Å². The average Bonchev–Trinajstić information content (AvgIpc) is 3.39. The summed E-state index contributed by atoms with van der Waals surface area (Å²) in [5.74, 6) is 0.300. The van der Waals surface area contributed by atoms with Crippen molar-refractivity contribution in [2.45, 2.75) is 31.6 Å². The molecule has 1 aliphatic heterocycles. The van der Waals surface area contributed by atoms with Gasteiger partial charge in [0.05, 0.1) is 11.9 Å². The van der Waals surface area contributed by atoms with Gasteiger partial charge in [0.15, 0.2) is 5.76 Å². The van der Waals surface area contributed by atoms with Crippen molar-refractivity contribution < 1.29 is 17.7 Å². The summed E-state index contributed by atoms with van der Waals surface area (Å²) in [5.41, 5.74) is 2.31. The zero-order valence-electron chi connectivity index (χ0n) is 17.6. The van der Waals surface area contributed by atoms with Crippen LogP contribution in [0.2, 0.25) is 0 Å². The third-order valence-corrected chi connectivity index (χ3v) is 7.59. The van der Waals surface area contributed by atoms with Crippen molar-refractivity contribution in [2.75, 3.05) is 26.2 Å². The molecular formula is C21H25N5O4S. The fourth-order valence-corrected chi connectivity index (χ4v) is 5.48. The maximum absolute atomic E-state index is 12.9. The Bertz CT molecular complexity index is 1140. The van der Waals surface area contributed by atoms with Gasteiger partial charge >= 0.3 is 0 Å². The van der Waals surface area contributed by atoms with Gasteiger partial charge in [-0.1, -0.05) is 23.4 Å². The van der Waals surface area contributed by atoms with Crippen molar-refractivity contribution >= 4 is 15.9 Å². The highest BCUT2D eigenvalue weighted by molar-refractivity contribution is 7.89. The van der Waals surface area contributed by atoms with Crippen LogP contribution in [-0.4, -0.2) is 64.6 Å². The minimum atomic E-state index is -3.68. The molecule has 0 bridgehead atoms. The van der Waals surface area contributed by atoms with Crippen molar-refractivity contribution in [3.63, 3.8) is 0 Å². The van der Waals surface area contributed by atoms with E-state index in [-0.39, 0.29) is 29.7 Å². The van der Waals surface area contributed by atoms with Gasteiger partial charge in [0.25, 0.3) is 0 Å². The Balaban J connectivity index is 1.31. The molecule has 3 heterocycles. The largest absolute Gasteiger partial charge is 0.360 e. The highest BCUT2D eigenvalue weighted by Gasteiger charge is 2.34. The molecule has 4 rings (SSSR count). The zero-order chi connectivity index (χ0) is 22.0. The highest BCUT2D eigenvalue weighted by atomic mass is 32.2. The number of sulfonamides is 1. The minimum Gasteiger partial charge on any atom is -0.360 e. The molecule has 1 aliphatic rings. The van der Waals surface area contributed by atoms with Gasteiger partial charge in [-0.3, -0.25) is 4.79 Å². The van der Waals surface area contributed by atoms with Gasteiger partial charge in [0, 0.05) is 38.8 Å². The molecule has 1 fully saturated rings. The first kappa shape index (κ1) is 21.3. The van der Waals surface area contributed by atoms with Crippen LogP contribution in [0.5, 0.6) is 0 Å². The normalized spacial score (nSPS) is 15.4. The number of para-hydroxylation sites is 1. The van der Waals surface area contributed by atoms with Gasteiger partial charge in [-0.05, 0) is 38.0 Å². The predicted octanol–water partition coefficient (Wildman–Crippen LogP) is 1.94. The van der Waals surface area contributed by atoms with Crippen molar-refractivity contribution in [3.8, 4) is 5.69 Å². The lowest BCUT2D eigenvalue weighted by atomic mass is 10.2. The van der Waals surface area contributed by atoms with Gasteiger partial charge in [0.2, 0.25) is 15.9 Å². The van der Waals surface area contributed by atoms with E-state index < -0.39 is 10.0 Å². The van der Waals surface area contributed by atoms with E-state index in [4.69, 9.17) is 4.52 Å². The summed E-state index contributed by atoms with van der Waals surface area (Å²) in [7, 11) is -3.68. The molecule has 164 valence electrons. The summed E-state index contributed by atoms with van der Waals surface area (Å²) in [5, 5.41) is 8.10. The summed E-state index contributed by atoms with van der Waals surface area (Å²) in [4.78, 5) is 14.5. The van der Waals surface area contributed by atoms with Crippen LogP contribution in [0.4, 0.5) is 0 Å². The van der Waals surface area contributed by atoms with Gasteiger partial charge in [-0.25, -0.2) is 13.1 Å². The summed E-state index contributed by atoms with van der Waals surface area (Å²) in [6.07, 6.45) is 4.64. The summed E-state index contributed by atoms with van der Waals surface area (Å²) in [6.45, 7) is 4.44. The third kappa shape index (κ3) is 4.40. The molecule has 2 aromatic heterocycles. The van der Waals surface area contributed by atoms with Crippen LogP contribution >= 0.6 is 0 Å². The number of carbonyl (C=O) groups is 1. The first-order chi connectivity index (χ1) is 14.9. The number of nitrogens with zero attached hydrogens (tertiary/aromatic N) is 5. The molecule has 0 spiro atoms. The Hall–Kier alpha value is -2.98. The van der Waals surface area contributed by atoms with E-state index in [0.29, 0.717) is 31.6 Å². The average molecular weight is 444 g/mol. The number of rotatable bonds is 6. The summed E-state index contributed by atoms with van der Waals surface area (Å²) < 4.78 is 34.0. The van der Waals surface area contributed by atoms with Crippen LogP contribution in [0.25, 0.3) is 5.69 Å². The molecule has 0 atom stereocenters. The molecule has 0 aliphatic carbocycles. The molecule has 10 heteroatoms. The van der Waals surface area contributed by atoms with Gasteiger partial charge in [-0.2, -0.15) is 9.40 Å². The van der Waals surface area contributed by atoms with Gasteiger partial charge in [-0.15, -0.1) is 0 Å². The SMILES string of the molecule is Cc1noc(C)c1S(=O)(=O)N1CCN(C(=O)CCc2cnn(-c3ccccc3)c2)CC1. The van der Waals surface area contributed by atoms with Gasteiger partial charge in [0.1, 0.15) is 10.6 Å². The quantitative estimate of drug-likeness (QED) is 0.577. The number of carbonyl (C=O) groups excluding carboxylic acids is 1. The molecule has 1 amide bonds. The molecule has 31 heavy (non-hydrogen) atoms. The van der Waals surface area contributed by atoms with Crippen LogP contribution in [0.15, 0.2) is 52.1 Å². The number of hydrogen-bond acceptors (Lipinski definition) is 6. The van der Waals surface area contributed by atoms with Crippen molar-refractivity contribution in [3.05, 3.63) is 59.7 Å². The Kier molecular flexibility index (Phi) is 5.92. The lowest BCUT2D eigenvalue weighted by Crippen LogP contribution is -2.50. The lowest BCUT2D eigenvalue weighted by molar-refractivity contribution is -0.132. The van der Waals surface area contributed by atoms with Crippen LogP contribution in [-0.2, 0) is 21.2 Å². The fourth-order valence-electron chi connectivity index (χ4n) is 3.77. The molecular weight excluding hydrogens is 418 g/mol. The lowest BCUT2D eigenvalue weighted by Gasteiger charge is -2.34. The van der Waals surface area contributed by atoms with E-state index in [2.05, 4.69) is 10.3 Å². The van der Waals surface area contributed by atoms with Crippen LogP contribution in [0.3, 0.4) is 0 Å². The Morgan fingerprint density at radius 2 is 1.81 bits per heavy atom. The van der Waals surface area contributed by atoms with Crippen molar-refractivity contribution in [1.29, 1.82) is 0 Å². The Morgan fingerprint density at radius 1 is 1.10 bits per heavy atom. The Labute approximate surface area is 181 Å². The van der Waals surface area contributed by atoms with E-state index in [1.165, 1.54) is 4.31 Å². The molecule has 3 aromatic rings. The molecule has 1 saturated heterocycles. The smallest absolute Gasteiger partial charge is 0.248 e. The molecule has 0 unspecified atom stereocenters. The van der Waals surface area contributed by atoms with Gasteiger partial charge < -0.3 is 9.42 Å². The van der Waals surface area contributed by atoms with E-state index in [1.807, 2.05) is 36.5 Å². The summed E-state index contributed by atoms with van der Waals surface area (Å²) >= 11 is 0. The molecule has 0 saturated carbocycles. The number of aryl methyl sites for hydroxylation is 3. The topological polar surface area (TPSA) is 102 Å². The fraction of sp³-hybridized carbons (Fsp3) is 0.381. The standard InChI is InChI=1S/C21H25N5O4S/c1-16-21(17(2)30-23-16)31(28,29)25-12-10-24(11-13-25)20(27)9-8-18-14-22-26(15-18)19-6-4-3-5-7-19/h3-7,14-15H,8-13H2,1-2H3. The highest BCUT2D eigenvalue weighted by Crippen LogP contribution is 2.24. The van der Waals surface area contributed by atoms with Crippen LogP contribution < -0.4 is 0 Å². The van der Waals surface area contributed by atoms with Crippen molar-refractivity contribution in [1.82, 2.24) is 24.1 Å². The van der Waals surface area contributed by atoms with Crippen LogP contribution in [0, 0.1) is 13.8 Å². The van der Waals surface area contributed by atoms with Crippen molar-refractivity contribution in [2.24, 2.45) is 0 Å². The maximum atomic E-state index is 12.9. The third-order valence-electron chi connectivity index (χ3n) is 5.44. The first-order valence-corrected chi connectivity index (χ1v) is 11.6. The second kappa shape index (κ2) is 8.64. The second-order valence-corrected chi connectivity index (χ2v) is 9.44.